The van der Waals surface area contributed by atoms with Crippen molar-refractivity contribution in [2.75, 3.05) is 26.2 Å². The Balaban J connectivity index is 1.49. The third kappa shape index (κ3) is 4.71. The van der Waals surface area contributed by atoms with E-state index < -0.39 is 16.1 Å². The van der Waals surface area contributed by atoms with Crippen molar-refractivity contribution in [2.45, 2.75) is 29.8 Å². The van der Waals surface area contributed by atoms with Gasteiger partial charge < -0.3 is 5.32 Å². The number of halogens is 1. The number of carbonyl (C=O) groups excluding carboxylic acids is 1. The van der Waals surface area contributed by atoms with Crippen molar-refractivity contribution in [1.82, 2.24) is 14.5 Å². The fourth-order valence-corrected chi connectivity index (χ4v) is 5.67. The van der Waals surface area contributed by atoms with Crippen molar-refractivity contribution in [3.63, 3.8) is 0 Å². The van der Waals surface area contributed by atoms with Gasteiger partial charge >= 0.3 is 0 Å². The van der Waals surface area contributed by atoms with Gasteiger partial charge in [0, 0.05) is 36.7 Å². The van der Waals surface area contributed by atoms with Crippen LogP contribution in [0, 0.1) is 0 Å². The van der Waals surface area contributed by atoms with E-state index in [4.69, 9.17) is 0 Å². The molecule has 2 fully saturated rings. The van der Waals surface area contributed by atoms with Gasteiger partial charge in [-0.05, 0) is 36.6 Å². The molecular weight excluding hydrogens is 454 g/mol. The lowest BCUT2D eigenvalue weighted by atomic mass is 10.0. The first-order valence-electron chi connectivity index (χ1n) is 9.80. The highest BCUT2D eigenvalue weighted by Crippen LogP contribution is 2.27. The van der Waals surface area contributed by atoms with Crippen LogP contribution in [0.3, 0.4) is 0 Å². The molecule has 1 aliphatic carbocycles. The maximum Gasteiger partial charge on any atom is 0.243 e. The Morgan fingerprint density at radius 3 is 2.31 bits per heavy atom. The summed E-state index contributed by atoms with van der Waals surface area (Å²) in [4.78, 5) is 15.3. The molecule has 29 heavy (non-hydrogen) atoms. The number of benzene rings is 2. The van der Waals surface area contributed by atoms with Gasteiger partial charge in [-0.15, -0.1) is 0 Å². The van der Waals surface area contributed by atoms with Crippen molar-refractivity contribution in [3.8, 4) is 0 Å². The number of piperazine rings is 1. The minimum absolute atomic E-state index is 0.00185. The Labute approximate surface area is 180 Å². The normalized spacial score (nSPS) is 19.6. The Kier molecular flexibility index (Phi) is 6.06. The molecule has 1 saturated heterocycles. The van der Waals surface area contributed by atoms with Crippen LogP contribution in [0.1, 0.15) is 24.4 Å². The Morgan fingerprint density at radius 2 is 1.69 bits per heavy atom. The number of rotatable bonds is 6. The molecule has 154 valence electrons. The van der Waals surface area contributed by atoms with Gasteiger partial charge in [-0.1, -0.05) is 52.3 Å². The largest absolute Gasteiger partial charge is 0.352 e. The van der Waals surface area contributed by atoms with Crippen LogP contribution < -0.4 is 5.32 Å². The molecular formula is C21H24BrN3O3S. The lowest BCUT2D eigenvalue weighted by molar-refractivity contribution is -0.127. The van der Waals surface area contributed by atoms with E-state index in [0.29, 0.717) is 26.2 Å². The number of carbonyl (C=O) groups is 1. The number of sulfonamides is 1. The average Bonchev–Trinajstić information content (AvgIpc) is 3.53. The summed E-state index contributed by atoms with van der Waals surface area (Å²) in [5.41, 5.74) is 0.939. The lowest BCUT2D eigenvalue weighted by Crippen LogP contribution is -2.52. The van der Waals surface area contributed by atoms with Gasteiger partial charge in [0.15, 0.2) is 0 Å². The van der Waals surface area contributed by atoms with E-state index in [1.165, 1.54) is 4.31 Å². The summed E-state index contributed by atoms with van der Waals surface area (Å²) in [5.74, 6) is 0.00185. The third-order valence-corrected chi connectivity index (χ3v) is 7.75. The third-order valence-electron chi connectivity index (χ3n) is 5.36. The SMILES string of the molecule is O=C(NC1CC1)C(c1ccccc1)N1CCN(S(=O)(=O)c2cccc(Br)c2)CC1. The second-order valence-corrected chi connectivity index (χ2v) is 10.3. The molecule has 1 unspecified atom stereocenters. The number of hydrogen-bond donors (Lipinski definition) is 1. The zero-order valence-corrected chi connectivity index (χ0v) is 18.4. The second-order valence-electron chi connectivity index (χ2n) is 7.49. The first-order valence-corrected chi connectivity index (χ1v) is 12.0. The quantitative estimate of drug-likeness (QED) is 0.694. The van der Waals surface area contributed by atoms with Crippen LogP contribution in [0.15, 0.2) is 64.0 Å². The molecule has 0 spiro atoms. The van der Waals surface area contributed by atoms with E-state index in [1.54, 1.807) is 24.3 Å². The van der Waals surface area contributed by atoms with E-state index in [2.05, 4.69) is 26.1 Å². The first kappa shape index (κ1) is 20.5. The van der Waals surface area contributed by atoms with Crippen LogP contribution in [0.5, 0.6) is 0 Å². The number of nitrogens with zero attached hydrogens (tertiary/aromatic N) is 2. The first-order chi connectivity index (χ1) is 13.9. The van der Waals surface area contributed by atoms with Crippen LogP contribution in [-0.4, -0.2) is 55.8 Å². The molecule has 6 nitrogen and oxygen atoms in total. The minimum Gasteiger partial charge on any atom is -0.352 e. The summed E-state index contributed by atoms with van der Waals surface area (Å²) in [6.07, 6.45) is 2.07. The standard InChI is InChI=1S/C21H24BrN3O3S/c22-17-7-4-8-19(15-17)29(27,28)25-13-11-24(12-14-25)20(16-5-2-1-3-6-16)21(26)23-18-9-10-18/h1-8,15,18,20H,9-14H2,(H,23,26). The van der Waals surface area contributed by atoms with Crippen LogP contribution in [0.4, 0.5) is 0 Å². The fraction of sp³-hybridized carbons (Fsp3) is 0.381. The highest BCUT2D eigenvalue weighted by molar-refractivity contribution is 9.10. The second kappa shape index (κ2) is 8.55. The van der Waals surface area contributed by atoms with E-state index in [1.807, 2.05) is 30.3 Å². The predicted octanol–water partition coefficient (Wildman–Crippen LogP) is 2.78. The number of nitrogens with one attached hydrogen (secondary N) is 1. The topological polar surface area (TPSA) is 69.7 Å². The van der Waals surface area contributed by atoms with Crippen molar-refractivity contribution in [1.29, 1.82) is 0 Å². The smallest absolute Gasteiger partial charge is 0.243 e. The number of amides is 1. The van der Waals surface area contributed by atoms with E-state index in [-0.39, 0.29) is 16.8 Å². The summed E-state index contributed by atoms with van der Waals surface area (Å²) < 4.78 is 28.2. The van der Waals surface area contributed by atoms with Crippen molar-refractivity contribution in [2.24, 2.45) is 0 Å². The van der Waals surface area contributed by atoms with Gasteiger partial charge in [-0.3, -0.25) is 9.69 Å². The van der Waals surface area contributed by atoms with Crippen LogP contribution in [0.2, 0.25) is 0 Å². The summed E-state index contributed by atoms with van der Waals surface area (Å²) in [6, 6.07) is 16.4. The van der Waals surface area contributed by atoms with Gasteiger partial charge in [0.1, 0.15) is 6.04 Å². The van der Waals surface area contributed by atoms with Crippen LogP contribution in [0.25, 0.3) is 0 Å². The lowest BCUT2D eigenvalue weighted by Gasteiger charge is -2.38. The van der Waals surface area contributed by atoms with Gasteiger partial charge in [-0.25, -0.2) is 8.42 Å². The molecule has 1 amide bonds. The average molecular weight is 478 g/mol. The maximum absolute atomic E-state index is 13.0. The van der Waals surface area contributed by atoms with Crippen molar-refractivity contribution in [3.05, 3.63) is 64.6 Å². The summed E-state index contributed by atoms with van der Waals surface area (Å²) in [6.45, 7) is 1.72. The van der Waals surface area contributed by atoms with Crippen LogP contribution in [-0.2, 0) is 14.8 Å². The monoisotopic (exact) mass is 477 g/mol. The Morgan fingerprint density at radius 1 is 1.00 bits per heavy atom. The van der Waals surface area contributed by atoms with Crippen LogP contribution >= 0.6 is 15.9 Å². The molecule has 0 aromatic heterocycles. The molecule has 1 heterocycles. The maximum atomic E-state index is 13.0. The molecule has 1 N–H and O–H groups in total. The molecule has 2 aromatic carbocycles. The molecule has 4 rings (SSSR count). The molecule has 0 bridgehead atoms. The molecule has 0 radical (unpaired) electrons. The minimum atomic E-state index is -3.55. The molecule has 8 heteroatoms. The summed E-state index contributed by atoms with van der Waals surface area (Å²) in [5, 5.41) is 3.11. The summed E-state index contributed by atoms with van der Waals surface area (Å²) in [7, 11) is -3.55. The Bertz CT molecular complexity index is 972. The highest BCUT2D eigenvalue weighted by atomic mass is 79.9. The van der Waals surface area contributed by atoms with Gasteiger partial charge in [0.25, 0.3) is 0 Å². The predicted molar refractivity (Wildman–Crippen MR) is 115 cm³/mol. The number of hydrogen-bond acceptors (Lipinski definition) is 4. The van der Waals surface area contributed by atoms with Gasteiger partial charge in [0.2, 0.25) is 15.9 Å². The van der Waals surface area contributed by atoms with Crippen molar-refractivity contribution >= 4 is 31.9 Å². The zero-order valence-electron chi connectivity index (χ0n) is 16.0. The summed E-state index contributed by atoms with van der Waals surface area (Å²) >= 11 is 3.34. The molecule has 1 aliphatic heterocycles. The van der Waals surface area contributed by atoms with E-state index in [9.17, 15) is 13.2 Å². The van der Waals surface area contributed by atoms with Gasteiger partial charge in [0.05, 0.1) is 4.90 Å². The van der Waals surface area contributed by atoms with E-state index in [0.717, 1.165) is 22.9 Å². The van der Waals surface area contributed by atoms with E-state index >= 15 is 0 Å². The molecule has 1 atom stereocenters. The molecule has 2 aromatic rings. The molecule has 2 aliphatic rings. The zero-order chi connectivity index (χ0) is 20.4. The highest BCUT2D eigenvalue weighted by Gasteiger charge is 2.36. The fourth-order valence-electron chi connectivity index (χ4n) is 3.65. The molecule has 1 saturated carbocycles. The Hall–Kier alpha value is -1.74. The van der Waals surface area contributed by atoms with Gasteiger partial charge in [-0.2, -0.15) is 4.31 Å². The van der Waals surface area contributed by atoms with Crippen molar-refractivity contribution < 1.29 is 13.2 Å².